The Morgan fingerprint density at radius 1 is 1.40 bits per heavy atom. The van der Waals surface area contributed by atoms with Gasteiger partial charge in [-0.3, -0.25) is 5.10 Å². The van der Waals surface area contributed by atoms with Crippen molar-refractivity contribution < 1.29 is 8.42 Å². The zero-order valence-electron chi connectivity index (χ0n) is 12.0. The second-order valence-electron chi connectivity index (χ2n) is 5.40. The lowest BCUT2D eigenvalue weighted by molar-refractivity contribution is 0.517. The van der Waals surface area contributed by atoms with Gasteiger partial charge in [-0.2, -0.15) is 5.10 Å². The zero-order chi connectivity index (χ0) is 14.4. The molecule has 2 rings (SSSR count). The number of H-pyrrole nitrogens is 1. The maximum atomic E-state index is 12.3. The smallest absolute Gasteiger partial charge is 0.257 e. The number of hydrogen-bond acceptors (Lipinski definition) is 4. The molecule has 6 nitrogen and oxygen atoms in total. The normalized spacial score (nSPS) is 16.9. The SMILES string of the molecule is CCCNCc1cn[nH]c1S(=O)(=O)NCC1CCCC1. The van der Waals surface area contributed by atoms with E-state index in [2.05, 4.69) is 27.2 Å². The first kappa shape index (κ1) is 15.5. The van der Waals surface area contributed by atoms with Crippen LogP contribution in [-0.4, -0.2) is 31.7 Å². The van der Waals surface area contributed by atoms with Gasteiger partial charge in [0, 0.05) is 18.7 Å². The molecule has 0 atom stereocenters. The van der Waals surface area contributed by atoms with E-state index < -0.39 is 10.0 Å². The Kier molecular flexibility index (Phi) is 5.56. The second kappa shape index (κ2) is 7.19. The van der Waals surface area contributed by atoms with E-state index in [4.69, 9.17) is 0 Å². The van der Waals surface area contributed by atoms with Crippen molar-refractivity contribution in [2.75, 3.05) is 13.1 Å². The summed E-state index contributed by atoms with van der Waals surface area (Å²) >= 11 is 0. The molecule has 3 N–H and O–H groups in total. The van der Waals surface area contributed by atoms with Gasteiger partial charge in [0.15, 0.2) is 5.03 Å². The van der Waals surface area contributed by atoms with Crippen LogP contribution in [0.15, 0.2) is 11.2 Å². The molecule has 1 saturated carbocycles. The summed E-state index contributed by atoms with van der Waals surface area (Å²) in [7, 11) is -3.48. The highest BCUT2D eigenvalue weighted by atomic mass is 32.2. The molecule has 0 spiro atoms. The van der Waals surface area contributed by atoms with Crippen molar-refractivity contribution >= 4 is 10.0 Å². The van der Waals surface area contributed by atoms with Gasteiger partial charge in [0.05, 0.1) is 6.20 Å². The summed E-state index contributed by atoms with van der Waals surface area (Å²) in [6.45, 7) is 3.98. The summed E-state index contributed by atoms with van der Waals surface area (Å²) in [5, 5.41) is 9.86. The van der Waals surface area contributed by atoms with Crippen LogP contribution in [0.5, 0.6) is 0 Å². The molecule has 0 radical (unpaired) electrons. The number of sulfonamides is 1. The van der Waals surface area contributed by atoms with Crippen molar-refractivity contribution in [2.45, 2.75) is 50.6 Å². The Morgan fingerprint density at radius 2 is 2.15 bits per heavy atom. The van der Waals surface area contributed by atoms with E-state index in [1.54, 1.807) is 6.20 Å². The molecule has 0 unspecified atom stereocenters. The third kappa shape index (κ3) is 4.04. The number of rotatable bonds is 8. The molecule has 1 aliphatic carbocycles. The Balaban J connectivity index is 1.95. The standard InChI is InChI=1S/C13H24N4O2S/c1-2-7-14-9-12-10-15-17-13(12)20(18,19)16-8-11-5-3-4-6-11/h10-11,14,16H,2-9H2,1H3,(H,15,17). The van der Waals surface area contributed by atoms with Crippen LogP contribution >= 0.6 is 0 Å². The number of nitrogens with one attached hydrogen (secondary N) is 3. The van der Waals surface area contributed by atoms with Gasteiger partial charge in [0.1, 0.15) is 0 Å². The Labute approximate surface area is 120 Å². The molecule has 1 fully saturated rings. The predicted molar refractivity (Wildman–Crippen MR) is 77.7 cm³/mol. The fourth-order valence-corrected chi connectivity index (χ4v) is 3.81. The Bertz CT molecular complexity index is 506. The van der Waals surface area contributed by atoms with Gasteiger partial charge < -0.3 is 5.32 Å². The van der Waals surface area contributed by atoms with Crippen LogP contribution in [0.4, 0.5) is 0 Å². The number of nitrogens with zero attached hydrogens (tertiary/aromatic N) is 1. The highest BCUT2D eigenvalue weighted by Crippen LogP contribution is 2.24. The number of aromatic amines is 1. The molecule has 0 bridgehead atoms. The fraction of sp³-hybridized carbons (Fsp3) is 0.769. The summed E-state index contributed by atoms with van der Waals surface area (Å²) in [5.74, 6) is 0.481. The minimum atomic E-state index is -3.48. The van der Waals surface area contributed by atoms with Crippen molar-refractivity contribution in [3.63, 3.8) is 0 Å². The predicted octanol–water partition coefficient (Wildman–Crippen LogP) is 1.38. The molecule has 20 heavy (non-hydrogen) atoms. The van der Waals surface area contributed by atoms with Gasteiger partial charge in [-0.25, -0.2) is 13.1 Å². The van der Waals surface area contributed by atoms with Crippen LogP contribution in [0.1, 0.15) is 44.6 Å². The summed E-state index contributed by atoms with van der Waals surface area (Å²) in [5.41, 5.74) is 0.692. The lowest BCUT2D eigenvalue weighted by Crippen LogP contribution is -2.30. The third-order valence-electron chi connectivity index (χ3n) is 3.73. The molecule has 0 saturated heterocycles. The van der Waals surface area contributed by atoms with Gasteiger partial charge in [0.25, 0.3) is 10.0 Å². The van der Waals surface area contributed by atoms with Gasteiger partial charge in [-0.1, -0.05) is 19.8 Å². The number of hydrogen-bond donors (Lipinski definition) is 3. The van der Waals surface area contributed by atoms with Crippen LogP contribution in [0.3, 0.4) is 0 Å². The van der Waals surface area contributed by atoms with E-state index in [9.17, 15) is 8.42 Å². The van der Waals surface area contributed by atoms with Crippen molar-refractivity contribution in [2.24, 2.45) is 5.92 Å². The topological polar surface area (TPSA) is 86.9 Å². The highest BCUT2D eigenvalue weighted by Gasteiger charge is 2.23. The van der Waals surface area contributed by atoms with Gasteiger partial charge >= 0.3 is 0 Å². The molecule has 114 valence electrons. The van der Waals surface area contributed by atoms with Crippen molar-refractivity contribution in [3.8, 4) is 0 Å². The summed E-state index contributed by atoms with van der Waals surface area (Å²) in [6.07, 6.45) is 7.25. The first-order valence-electron chi connectivity index (χ1n) is 7.36. The van der Waals surface area contributed by atoms with Crippen LogP contribution in [0.2, 0.25) is 0 Å². The molecule has 0 aliphatic heterocycles. The molecule has 1 heterocycles. The summed E-state index contributed by atoms with van der Waals surface area (Å²) in [6, 6.07) is 0. The lowest BCUT2D eigenvalue weighted by Gasteiger charge is -2.11. The maximum Gasteiger partial charge on any atom is 0.257 e. The molecule has 1 aromatic heterocycles. The van der Waals surface area contributed by atoms with E-state index in [0.717, 1.165) is 25.8 Å². The van der Waals surface area contributed by atoms with Crippen LogP contribution in [0.25, 0.3) is 0 Å². The van der Waals surface area contributed by atoms with Crippen molar-refractivity contribution in [1.29, 1.82) is 0 Å². The Morgan fingerprint density at radius 3 is 2.85 bits per heavy atom. The minimum Gasteiger partial charge on any atom is -0.313 e. The van der Waals surface area contributed by atoms with Gasteiger partial charge in [-0.15, -0.1) is 0 Å². The Hall–Kier alpha value is -0.920. The van der Waals surface area contributed by atoms with E-state index in [-0.39, 0.29) is 5.03 Å². The van der Waals surface area contributed by atoms with Crippen molar-refractivity contribution in [1.82, 2.24) is 20.2 Å². The molecular formula is C13H24N4O2S. The molecule has 0 aromatic carbocycles. The summed E-state index contributed by atoms with van der Waals surface area (Å²) in [4.78, 5) is 0. The van der Waals surface area contributed by atoms with Crippen LogP contribution < -0.4 is 10.0 Å². The largest absolute Gasteiger partial charge is 0.313 e. The second-order valence-corrected chi connectivity index (χ2v) is 7.11. The highest BCUT2D eigenvalue weighted by molar-refractivity contribution is 7.89. The monoisotopic (exact) mass is 300 g/mol. The average molecular weight is 300 g/mol. The molecule has 7 heteroatoms. The number of aromatic nitrogens is 2. The fourth-order valence-electron chi connectivity index (χ4n) is 2.57. The van der Waals surface area contributed by atoms with E-state index in [1.165, 1.54) is 12.8 Å². The van der Waals surface area contributed by atoms with E-state index in [1.807, 2.05) is 0 Å². The quantitative estimate of drug-likeness (QED) is 0.633. The first-order valence-corrected chi connectivity index (χ1v) is 8.84. The average Bonchev–Trinajstić information content (AvgIpc) is 3.08. The third-order valence-corrected chi connectivity index (χ3v) is 5.16. The lowest BCUT2D eigenvalue weighted by atomic mass is 10.1. The molecule has 1 aliphatic rings. The van der Waals surface area contributed by atoms with Gasteiger partial charge in [-0.05, 0) is 31.7 Å². The zero-order valence-corrected chi connectivity index (χ0v) is 12.8. The van der Waals surface area contributed by atoms with Crippen LogP contribution in [0, 0.1) is 5.92 Å². The van der Waals surface area contributed by atoms with Crippen molar-refractivity contribution in [3.05, 3.63) is 11.8 Å². The summed E-state index contributed by atoms with van der Waals surface area (Å²) < 4.78 is 27.3. The van der Waals surface area contributed by atoms with E-state index in [0.29, 0.717) is 24.6 Å². The maximum absolute atomic E-state index is 12.3. The first-order chi connectivity index (χ1) is 9.63. The molecular weight excluding hydrogens is 276 g/mol. The molecule has 1 aromatic rings. The van der Waals surface area contributed by atoms with Gasteiger partial charge in [0.2, 0.25) is 0 Å². The minimum absolute atomic E-state index is 0.194. The van der Waals surface area contributed by atoms with Crippen LogP contribution in [-0.2, 0) is 16.6 Å². The molecule has 0 amide bonds. The van der Waals surface area contributed by atoms with E-state index >= 15 is 0 Å².